The monoisotopic (exact) mass is 290 g/mol. The van der Waals surface area contributed by atoms with Crippen molar-refractivity contribution >= 4 is 28.5 Å². The molecule has 1 aromatic heterocycles. The third kappa shape index (κ3) is 1.86. The number of hydrogen-bond acceptors (Lipinski definition) is 1. The zero-order valence-corrected chi connectivity index (χ0v) is 12.7. The van der Waals surface area contributed by atoms with E-state index in [1.54, 1.807) is 7.11 Å². The fourth-order valence-corrected chi connectivity index (χ4v) is 5.65. The van der Waals surface area contributed by atoms with Crippen LogP contribution in [-0.2, 0) is 0 Å². The minimum absolute atomic E-state index is 0.474. The van der Waals surface area contributed by atoms with E-state index >= 15 is 0 Å². The van der Waals surface area contributed by atoms with E-state index in [-0.39, 0.29) is 0 Å². The lowest BCUT2D eigenvalue weighted by molar-refractivity contribution is 0.420. The van der Waals surface area contributed by atoms with Crippen LogP contribution >= 0.6 is 7.53 Å². The number of fused-ring (bicyclic) bond motifs is 3. The fraction of sp³-hybridized carbons (Fsp3) is 0.0526. The van der Waals surface area contributed by atoms with Crippen LogP contribution in [0.25, 0.3) is 26.3 Å². The molecule has 0 saturated carbocycles. The van der Waals surface area contributed by atoms with Gasteiger partial charge >= 0.3 is 0 Å². The minimum Gasteiger partial charge on any atom is -0.496 e. The molecule has 2 heteroatoms. The molecule has 0 aliphatic carbocycles. The van der Waals surface area contributed by atoms with E-state index < -0.39 is 7.53 Å². The van der Waals surface area contributed by atoms with Gasteiger partial charge in [-0.2, -0.15) is 0 Å². The Hall–Kier alpha value is -2.24. The van der Waals surface area contributed by atoms with Gasteiger partial charge in [-0.1, -0.05) is 68.2 Å². The number of benzene rings is 3. The molecule has 3 aromatic carbocycles. The molecule has 4 aromatic rings. The fourth-order valence-electron chi connectivity index (χ4n) is 3.01. The van der Waals surface area contributed by atoms with Crippen molar-refractivity contribution in [3.05, 3.63) is 72.8 Å². The Kier molecular flexibility index (Phi) is 2.94. The van der Waals surface area contributed by atoms with Crippen LogP contribution in [-0.4, -0.2) is 7.11 Å². The van der Waals surface area contributed by atoms with Gasteiger partial charge in [0, 0.05) is 15.6 Å². The molecule has 0 N–H and O–H groups in total. The summed E-state index contributed by atoms with van der Waals surface area (Å²) >= 11 is 0. The van der Waals surface area contributed by atoms with E-state index in [0.717, 1.165) is 5.75 Å². The molecule has 0 radical (unpaired) electrons. The van der Waals surface area contributed by atoms with Gasteiger partial charge in [0.2, 0.25) is 0 Å². The van der Waals surface area contributed by atoms with Crippen molar-refractivity contribution in [3.63, 3.8) is 0 Å². The Morgan fingerprint density at radius 2 is 1.43 bits per heavy atom. The minimum atomic E-state index is -0.474. The van der Waals surface area contributed by atoms with Gasteiger partial charge in [-0.15, -0.1) is 0 Å². The molecule has 0 saturated heterocycles. The highest BCUT2D eigenvalue weighted by atomic mass is 31.1. The Morgan fingerprint density at radius 1 is 0.714 bits per heavy atom. The normalized spacial score (nSPS) is 12.0. The van der Waals surface area contributed by atoms with E-state index in [4.69, 9.17) is 4.74 Å². The summed E-state index contributed by atoms with van der Waals surface area (Å²) in [6.07, 6.45) is 0. The van der Waals surface area contributed by atoms with Gasteiger partial charge in [0.25, 0.3) is 0 Å². The second-order valence-electron chi connectivity index (χ2n) is 5.04. The first-order valence-corrected chi connectivity index (χ1v) is 8.36. The number of rotatable bonds is 2. The van der Waals surface area contributed by atoms with Crippen molar-refractivity contribution in [2.45, 2.75) is 0 Å². The molecular weight excluding hydrogens is 275 g/mol. The van der Waals surface area contributed by atoms with Gasteiger partial charge < -0.3 is 4.74 Å². The first-order chi connectivity index (χ1) is 10.4. The first kappa shape index (κ1) is 12.5. The SMILES string of the molecule is COc1cccc2c1c1ccccc1p2-c1ccccc1. The third-order valence-electron chi connectivity index (χ3n) is 3.89. The quantitative estimate of drug-likeness (QED) is 0.441. The molecule has 1 heterocycles. The molecule has 4 rings (SSSR count). The van der Waals surface area contributed by atoms with Crippen LogP contribution in [0.5, 0.6) is 5.75 Å². The molecule has 0 amide bonds. The molecular formula is C19H15OP. The summed E-state index contributed by atoms with van der Waals surface area (Å²) in [5.74, 6) is 0.973. The summed E-state index contributed by atoms with van der Waals surface area (Å²) in [4.78, 5) is 0. The Labute approximate surface area is 124 Å². The highest BCUT2D eigenvalue weighted by Gasteiger charge is 2.15. The standard InChI is InChI=1S/C19H15OP/c1-20-16-11-7-13-18-19(16)15-10-5-6-12-17(15)21(18)14-8-3-2-4-9-14/h2-13H,1H3. The van der Waals surface area contributed by atoms with Crippen LogP contribution < -0.4 is 4.74 Å². The Balaban J connectivity index is 2.23. The third-order valence-corrected chi connectivity index (χ3v) is 6.43. The molecule has 1 unspecified atom stereocenters. The van der Waals surface area contributed by atoms with Crippen molar-refractivity contribution in [1.29, 1.82) is 0 Å². The zero-order valence-electron chi connectivity index (χ0n) is 11.8. The van der Waals surface area contributed by atoms with Gasteiger partial charge in [0.05, 0.1) is 7.11 Å². The molecule has 0 fully saturated rings. The average Bonchev–Trinajstić information content (AvgIpc) is 2.90. The Bertz CT molecular complexity index is 922. The summed E-state index contributed by atoms with van der Waals surface area (Å²) in [7, 11) is 1.28. The Morgan fingerprint density at radius 3 is 2.24 bits per heavy atom. The summed E-state index contributed by atoms with van der Waals surface area (Å²) in [6, 6.07) is 25.9. The van der Waals surface area contributed by atoms with Gasteiger partial charge in [0.1, 0.15) is 5.75 Å². The van der Waals surface area contributed by atoms with Crippen LogP contribution in [0.2, 0.25) is 0 Å². The summed E-state index contributed by atoms with van der Waals surface area (Å²) in [5.41, 5.74) is 0. The lowest BCUT2D eigenvalue weighted by Crippen LogP contribution is -1.82. The predicted molar refractivity (Wildman–Crippen MR) is 92.1 cm³/mol. The first-order valence-electron chi connectivity index (χ1n) is 7.02. The largest absolute Gasteiger partial charge is 0.496 e. The highest BCUT2D eigenvalue weighted by molar-refractivity contribution is 7.67. The average molecular weight is 290 g/mol. The van der Waals surface area contributed by atoms with E-state index in [2.05, 4.69) is 72.8 Å². The predicted octanol–water partition coefficient (Wildman–Crippen LogP) is 5.98. The molecule has 1 atom stereocenters. The number of ether oxygens (including phenoxy) is 1. The maximum atomic E-state index is 5.61. The molecule has 0 aliphatic heterocycles. The zero-order chi connectivity index (χ0) is 14.2. The highest BCUT2D eigenvalue weighted by Crippen LogP contribution is 2.56. The summed E-state index contributed by atoms with van der Waals surface area (Å²) < 4.78 is 5.61. The van der Waals surface area contributed by atoms with Crippen LogP contribution in [0, 0.1) is 0 Å². The van der Waals surface area contributed by atoms with Gasteiger partial charge in [-0.05, 0) is 22.8 Å². The van der Waals surface area contributed by atoms with Crippen molar-refractivity contribution in [1.82, 2.24) is 0 Å². The summed E-state index contributed by atoms with van der Waals surface area (Å²) in [5, 5.41) is 6.81. The van der Waals surface area contributed by atoms with E-state index in [1.807, 2.05) is 0 Å². The molecule has 1 nitrogen and oxygen atoms in total. The van der Waals surface area contributed by atoms with E-state index in [1.165, 1.54) is 26.3 Å². The lowest BCUT2D eigenvalue weighted by atomic mass is 10.1. The smallest absolute Gasteiger partial charge is 0.127 e. The maximum absolute atomic E-state index is 5.61. The van der Waals surface area contributed by atoms with E-state index in [0.29, 0.717) is 0 Å². The van der Waals surface area contributed by atoms with Crippen molar-refractivity contribution in [2.75, 3.05) is 7.11 Å². The molecule has 0 bridgehead atoms. The number of methoxy groups -OCH3 is 1. The molecule has 102 valence electrons. The van der Waals surface area contributed by atoms with Crippen LogP contribution in [0.4, 0.5) is 0 Å². The molecule has 0 aliphatic rings. The lowest BCUT2D eigenvalue weighted by Gasteiger charge is -2.04. The summed E-state index contributed by atoms with van der Waals surface area (Å²) in [6.45, 7) is 0. The topological polar surface area (TPSA) is 9.23 Å². The second kappa shape index (κ2) is 4.95. The van der Waals surface area contributed by atoms with Crippen molar-refractivity contribution < 1.29 is 4.74 Å². The van der Waals surface area contributed by atoms with Crippen LogP contribution in [0.15, 0.2) is 72.8 Å². The van der Waals surface area contributed by atoms with Gasteiger partial charge in [-0.3, -0.25) is 0 Å². The molecule has 21 heavy (non-hydrogen) atoms. The van der Waals surface area contributed by atoms with Gasteiger partial charge in [-0.25, -0.2) is 0 Å². The van der Waals surface area contributed by atoms with Crippen molar-refractivity contribution in [3.8, 4) is 11.1 Å². The van der Waals surface area contributed by atoms with Crippen LogP contribution in [0.1, 0.15) is 0 Å². The number of hydrogen-bond donors (Lipinski definition) is 0. The van der Waals surface area contributed by atoms with Crippen molar-refractivity contribution in [2.24, 2.45) is 0 Å². The molecule has 0 spiro atoms. The maximum Gasteiger partial charge on any atom is 0.127 e. The van der Waals surface area contributed by atoms with Crippen LogP contribution in [0.3, 0.4) is 0 Å². The second-order valence-corrected chi connectivity index (χ2v) is 7.19. The van der Waals surface area contributed by atoms with Gasteiger partial charge in [0.15, 0.2) is 0 Å². The van der Waals surface area contributed by atoms with E-state index in [9.17, 15) is 0 Å².